The fourth-order valence-corrected chi connectivity index (χ4v) is 11.1. The first-order valence-electron chi connectivity index (χ1n) is 19.7. The summed E-state index contributed by atoms with van der Waals surface area (Å²) in [6, 6.07) is 65.8. The van der Waals surface area contributed by atoms with Crippen LogP contribution >= 0.6 is 11.3 Å². The van der Waals surface area contributed by atoms with Gasteiger partial charge in [0.05, 0.1) is 11.4 Å². The zero-order chi connectivity index (χ0) is 37.8. The highest BCUT2D eigenvalue weighted by Gasteiger charge is 2.39. The van der Waals surface area contributed by atoms with Gasteiger partial charge in [0.1, 0.15) is 0 Å². The highest BCUT2D eigenvalue weighted by atomic mass is 32.1. The van der Waals surface area contributed by atoms with Crippen LogP contribution in [0.3, 0.4) is 0 Å². The van der Waals surface area contributed by atoms with Gasteiger partial charge in [0, 0.05) is 47.8 Å². The molecule has 1 aromatic heterocycles. The highest BCUT2D eigenvalue weighted by Crippen LogP contribution is 2.56. The Bertz CT molecular complexity index is 3050. The van der Waals surface area contributed by atoms with Crippen LogP contribution < -0.4 is 4.90 Å². The van der Waals surface area contributed by atoms with Crippen molar-refractivity contribution >= 4 is 48.6 Å². The van der Waals surface area contributed by atoms with E-state index in [1.807, 2.05) is 11.3 Å². The maximum atomic E-state index is 2.53. The SMILES string of the molecule is CC1(C)c2ccccc2-c2c(-c3cccc(N(c4ccccc4-c4ccc5c(c4)sc4ccccc45)c4cccc5c4-c4ccccc4C5(C)C)c3)cccc21. The van der Waals surface area contributed by atoms with Gasteiger partial charge >= 0.3 is 0 Å². The van der Waals surface area contributed by atoms with E-state index in [2.05, 4.69) is 209 Å². The molecular weight excluding hydrogens is 695 g/mol. The molecule has 0 amide bonds. The first kappa shape index (κ1) is 33.1. The molecule has 0 unspecified atom stereocenters. The van der Waals surface area contributed by atoms with Crippen molar-refractivity contribution in [1.82, 2.24) is 0 Å². The van der Waals surface area contributed by atoms with Crippen LogP contribution in [0.15, 0.2) is 176 Å². The van der Waals surface area contributed by atoms with Crippen LogP contribution in [-0.4, -0.2) is 0 Å². The number of benzene rings is 8. The molecule has 0 radical (unpaired) electrons. The Labute approximate surface area is 333 Å². The van der Waals surface area contributed by atoms with Crippen LogP contribution in [0.4, 0.5) is 17.1 Å². The minimum atomic E-state index is -0.119. The molecule has 11 rings (SSSR count). The van der Waals surface area contributed by atoms with Crippen LogP contribution in [-0.2, 0) is 10.8 Å². The molecule has 56 heavy (non-hydrogen) atoms. The summed E-state index contributed by atoms with van der Waals surface area (Å²) in [5.74, 6) is 0. The first-order chi connectivity index (χ1) is 27.3. The van der Waals surface area contributed by atoms with Gasteiger partial charge in [-0.05, 0) is 92.0 Å². The second-order valence-corrected chi connectivity index (χ2v) is 17.6. The minimum absolute atomic E-state index is 0.0647. The van der Waals surface area contributed by atoms with Gasteiger partial charge in [0.2, 0.25) is 0 Å². The summed E-state index contributed by atoms with van der Waals surface area (Å²) >= 11 is 1.88. The third-order valence-corrected chi connectivity index (χ3v) is 13.8. The predicted molar refractivity (Wildman–Crippen MR) is 240 cm³/mol. The lowest BCUT2D eigenvalue weighted by Crippen LogP contribution is -2.16. The van der Waals surface area contributed by atoms with Crippen LogP contribution in [0.5, 0.6) is 0 Å². The molecule has 0 bridgehead atoms. The van der Waals surface area contributed by atoms with E-state index in [-0.39, 0.29) is 10.8 Å². The van der Waals surface area contributed by atoms with E-state index in [4.69, 9.17) is 0 Å². The summed E-state index contributed by atoms with van der Waals surface area (Å²) in [5, 5.41) is 2.64. The standard InChI is InChI=1S/C54H41NS/c1-53(2)43-23-9-5-20-41(43)51-38(22-14-25-45(51)53)34-16-13-17-36(32-34)55(48-28-15-26-46-52(48)42-21-6-10-24-44(42)54(46,3)4)47-27-11-7-18-37(47)35-30-31-40-39-19-8-12-29-49(39)56-50(40)33-35/h5-33H,1-4H3. The van der Waals surface area contributed by atoms with Crippen molar-refractivity contribution in [2.24, 2.45) is 0 Å². The average molecular weight is 736 g/mol. The van der Waals surface area contributed by atoms with E-state index in [1.54, 1.807) is 0 Å². The zero-order valence-electron chi connectivity index (χ0n) is 32.1. The monoisotopic (exact) mass is 735 g/mol. The van der Waals surface area contributed by atoms with Gasteiger partial charge in [-0.25, -0.2) is 0 Å². The van der Waals surface area contributed by atoms with Crippen molar-refractivity contribution in [1.29, 1.82) is 0 Å². The lowest BCUT2D eigenvalue weighted by atomic mass is 9.82. The molecule has 0 N–H and O–H groups in total. The summed E-state index contributed by atoms with van der Waals surface area (Å²) in [7, 11) is 0. The summed E-state index contributed by atoms with van der Waals surface area (Å²) in [4.78, 5) is 2.53. The molecule has 2 heteroatoms. The fraction of sp³-hybridized carbons (Fsp3) is 0.111. The quantitative estimate of drug-likeness (QED) is 0.170. The van der Waals surface area contributed by atoms with Gasteiger partial charge in [-0.1, -0.05) is 167 Å². The largest absolute Gasteiger partial charge is 0.309 e. The molecule has 9 aromatic rings. The van der Waals surface area contributed by atoms with Crippen LogP contribution in [0.1, 0.15) is 49.9 Å². The maximum Gasteiger partial charge on any atom is 0.0543 e. The summed E-state index contributed by atoms with van der Waals surface area (Å²) < 4.78 is 2.63. The van der Waals surface area contributed by atoms with Crippen molar-refractivity contribution in [2.45, 2.75) is 38.5 Å². The third kappa shape index (κ3) is 4.72. The Morgan fingerprint density at radius 1 is 0.375 bits per heavy atom. The van der Waals surface area contributed by atoms with E-state index in [1.165, 1.54) is 92.6 Å². The molecule has 2 aliphatic rings. The molecule has 1 nitrogen and oxygen atoms in total. The average Bonchev–Trinajstić information content (AvgIpc) is 3.81. The predicted octanol–water partition coefficient (Wildman–Crippen LogP) is 15.5. The summed E-state index contributed by atoms with van der Waals surface area (Å²) in [5.41, 5.74) is 19.1. The first-order valence-corrected chi connectivity index (χ1v) is 20.5. The van der Waals surface area contributed by atoms with Gasteiger partial charge in [-0.2, -0.15) is 0 Å². The Morgan fingerprint density at radius 2 is 0.911 bits per heavy atom. The lowest BCUT2D eigenvalue weighted by molar-refractivity contribution is 0.660. The second kappa shape index (κ2) is 12.1. The number of hydrogen-bond acceptors (Lipinski definition) is 2. The molecule has 268 valence electrons. The van der Waals surface area contributed by atoms with E-state index in [9.17, 15) is 0 Å². The Balaban J connectivity index is 1.16. The number of nitrogens with zero attached hydrogens (tertiary/aromatic N) is 1. The van der Waals surface area contributed by atoms with Crippen molar-refractivity contribution in [3.8, 4) is 44.5 Å². The molecule has 0 aliphatic heterocycles. The normalized spacial score (nSPS) is 14.4. The minimum Gasteiger partial charge on any atom is -0.309 e. The van der Waals surface area contributed by atoms with E-state index >= 15 is 0 Å². The van der Waals surface area contributed by atoms with Gasteiger partial charge in [-0.3, -0.25) is 0 Å². The second-order valence-electron chi connectivity index (χ2n) is 16.5. The highest BCUT2D eigenvalue weighted by molar-refractivity contribution is 7.25. The summed E-state index contributed by atoms with van der Waals surface area (Å²) in [6.07, 6.45) is 0. The molecule has 2 aliphatic carbocycles. The third-order valence-electron chi connectivity index (χ3n) is 12.7. The Kier molecular flexibility index (Phi) is 7.18. The Hall–Kier alpha value is -6.22. The number of rotatable bonds is 5. The maximum absolute atomic E-state index is 2.53. The fourth-order valence-electron chi connectivity index (χ4n) is 9.94. The number of para-hydroxylation sites is 1. The lowest BCUT2D eigenvalue weighted by Gasteiger charge is -2.31. The van der Waals surface area contributed by atoms with Crippen molar-refractivity contribution in [3.63, 3.8) is 0 Å². The molecule has 0 fully saturated rings. The van der Waals surface area contributed by atoms with Crippen LogP contribution in [0.25, 0.3) is 64.7 Å². The molecular formula is C54H41NS. The topological polar surface area (TPSA) is 3.24 Å². The zero-order valence-corrected chi connectivity index (χ0v) is 32.9. The smallest absolute Gasteiger partial charge is 0.0543 e. The number of hydrogen-bond donors (Lipinski definition) is 0. The van der Waals surface area contributed by atoms with Crippen molar-refractivity contribution in [2.75, 3.05) is 4.90 Å². The van der Waals surface area contributed by atoms with Crippen molar-refractivity contribution < 1.29 is 0 Å². The Morgan fingerprint density at radius 3 is 1.70 bits per heavy atom. The molecule has 0 atom stereocenters. The molecule has 0 spiro atoms. The van der Waals surface area contributed by atoms with Gasteiger partial charge in [-0.15, -0.1) is 11.3 Å². The van der Waals surface area contributed by atoms with E-state index < -0.39 is 0 Å². The molecule has 1 heterocycles. The number of fused-ring (bicyclic) bond motifs is 9. The van der Waals surface area contributed by atoms with E-state index in [0.29, 0.717) is 0 Å². The van der Waals surface area contributed by atoms with Crippen LogP contribution in [0, 0.1) is 0 Å². The van der Waals surface area contributed by atoms with Gasteiger partial charge < -0.3 is 4.90 Å². The molecule has 8 aromatic carbocycles. The van der Waals surface area contributed by atoms with Gasteiger partial charge in [0.25, 0.3) is 0 Å². The van der Waals surface area contributed by atoms with Crippen molar-refractivity contribution in [3.05, 3.63) is 198 Å². The van der Waals surface area contributed by atoms with Gasteiger partial charge in [0.15, 0.2) is 0 Å². The molecule has 0 saturated heterocycles. The van der Waals surface area contributed by atoms with E-state index in [0.717, 1.165) is 11.4 Å². The molecule has 0 saturated carbocycles. The number of anilines is 3. The summed E-state index contributed by atoms with van der Waals surface area (Å²) in [6.45, 7) is 9.47. The van der Waals surface area contributed by atoms with Crippen LogP contribution in [0.2, 0.25) is 0 Å². The number of thiophene rings is 1.